The van der Waals surface area contributed by atoms with Crippen LogP contribution in [0.3, 0.4) is 0 Å². The predicted molar refractivity (Wildman–Crippen MR) is 95.7 cm³/mol. The highest BCUT2D eigenvalue weighted by Gasteiger charge is 2.51. The van der Waals surface area contributed by atoms with E-state index in [2.05, 4.69) is 29.4 Å². The number of benzene rings is 1. The van der Waals surface area contributed by atoms with Crippen LogP contribution in [0.2, 0.25) is 0 Å². The fourth-order valence-electron chi connectivity index (χ4n) is 3.50. The van der Waals surface area contributed by atoms with E-state index in [9.17, 15) is 4.79 Å². The zero-order valence-electron chi connectivity index (χ0n) is 14.3. The topological polar surface area (TPSA) is 50.8 Å². The summed E-state index contributed by atoms with van der Waals surface area (Å²) >= 11 is 1.91. The van der Waals surface area contributed by atoms with Crippen LogP contribution in [0.15, 0.2) is 30.3 Å². The molecule has 2 saturated heterocycles. The molecule has 2 fully saturated rings. The molecule has 0 saturated carbocycles. The van der Waals surface area contributed by atoms with Gasteiger partial charge in [-0.05, 0) is 12.0 Å². The first kappa shape index (κ1) is 17.6. The van der Waals surface area contributed by atoms with Gasteiger partial charge in [0.15, 0.2) is 0 Å². The maximum absolute atomic E-state index is 11.7. The summed E-state index contributed by atoms with van der Waals surface area (Å²) in [5.41, 5.74) is 1.22. The monoisotopic (exact) mass is 350 g/mol. The number of hydrogen-bond donors (Lipinski definition) is 1. The number of thioether (sulfide) groups is 1. The number of unbranched alkanes of at least 4 members (excludes halogenated alkanes) is 1. The molecule has 6 heteroatoms. The summed E-state index contributed by atoms with van der Waals surface area (Å²) in [6, 6.07) is 10.6. The third-order valence-electron chi connectivity index (χ3n) is 4.70. The quantitative estimate of drug-likeness (QED) is 0.854. The molecule has 0 bridgehead atoms. The molecule has 4 atom stereocenters. The average Bonchev–Trinajstić information content (AvgIpc) is 3.16. The molecule has 1 aromatic carbocycles. The number of carbonyl (C=O) groups is 1. The second kappa shape index (κ2) is 8.23. The minimum Gasteiger partial charge on any atom is -0.453 e. The van der Waals surface area contributed by atoms with Gasteiger partial charge in [0.2, 0.25) is 0 Å². The molecule has 2 aliphatic heterocycles. The molecule has 2 heterocycles. The Bertz CT molecular complexity index is 542. The van der Waals surface area contributed by atoms with Crippen LogP contribution in [0.5, 0.6) is 0 Å². The Morgan fingerprint density at radius 2 is 2.21 bits per heavy atom. The van der Waals surface area contributed by atoms with Gasteiger partial charge in [-0.1, -0.05) is 50.1 Å². The normalized spacial score (nSPS) is 29.4. The first-order valence-corrected chi connectivity index (χ1v) is 9.71. The van der Waals surface area contributed by atoms with Crippen molar-refractivity contribution < 1.29 is 14.4 Å². The first-order chi connectivity index (χ1) is 11.7. The Hall–Kier alpha value is -1.24. The van der Waals surface area contributed by atoms with Crippen molar-refractivity contribution in [3.8, 4) is 0 Å². The smallest absolute Gasteiger partial charge is 0.407 e. The summed E-state index contributed by atoms with van der Waals surface area (Å²) < 4.78 is 4.79. The summed E-state index contributed by atoms with van der Waals surface area (Å²) in [5, 5.41) is 5.48. The van der Waals surface area contributed by atoms with Crippen molar-refractivity contribution in [1.82, 2.24) is 10.4 Å². The highest BCUT2D eigenvalue weighted by Crippen LogP contribution is 2.42. The van der Waals surface area contributed by atoms with Crippen LogP contribution in [-0.2, 0) is 16.1 Å². The van der Waals surface area contributed by atoms with Crippen molar-refractivity contribution in [2.24, 2.45) is 0 Å². The van der Waals surface area contributed by atoms with Crippen molar-refractivity contribution in [2.45, 2.75) is 56.2 Å². The fraction of sp³-hybridized carbons (Fsp3) is 0.611. The average molecular weight is 350 g/mol. The van der Waals surface area contributed by atoms with E-state index in [-0.39, 0.29) is 24.3 Å². The Kier molecular flexibility index (Phi) is 6.03. The Morgan fingerprint density at radius 1 is 1.42 bits per heavy atom. The Labute approximate surface area is 148 Å². The molecule has 1 aromatic rings. The van der Waals surface area contributed by atoms with Crippen molar-refractivity contribution in [2.75, 3.05) is 12.9 Å². The number of fused-ring (bicyclic) bond motifs is 1. The van der Waals surface area contributed by atoms with Crippen molar-refractivity contribution in [3.05, 3.63) is 35.9 Å². The van der Waals surface area contributed by atoms with E-state index in [0.29, 0.717) is 5.25 Å². The molecular weight excluding hydrogens is 324 g/mol. The highest BCUT2D eigenvalue weighted by atomic mass is 32.2. The Morgan fingerprint density at radius 3 is 2.92 bits per heavy atom. The number of alkyl carbamates (subject to hydrolysis) is 1. The lowest BCUT2D eigenvalue weighted by molar-refractivity contribution is -0.173. The van der Waals surface area contributed by atoms with E-state index >= 15 is 0 Å². The van der Waals surface area contributed by atoms with Gasteiger partial charge < -0.3 is 10.1 Å². The molecule has 0 aliphatic carbocycles. The number of rotatable bonds is 6. The predicted octanol–water partition coefficient (Wildman–Crippen LogP) is 3.20. The third-order valence-corrected chi connectivity index (χ3v) is 6.22. The molecule has 0 spiro atoms. The largest absolute Gasteiger partial charge is 0.453 e. The van der Waals surface area contributed by atoms with E-state index in [4.69, 9.17) is 9.57 Å². The summed E-state index contributed by atoms with van der Waals surface area (Å²) in [6.07, 6.45) is 3.28. The van der Waals surface area contributed by atoms with Gasteiger partial charge in [-0.15, -0.1) is 0 Å². The number of hydroxylamine groups is 2. The highest BCUT2D eigenvalue weighted by molar-refractivity contribution is 8.00. The van der Waals surface area contributed by atoms with Crippen molar-refractivity contribution >= 4 is 17.9 Å². The number of methoxy groups -OCH3 is 1. The van der Waals surface area contributed by atoms with Gasteiger partial charge in [-0.25, -0.2) is 4.79 Å². The molecule has 0 aromatic heterocycles. The van der Waals surface area contributed by atoms with Crippen LogP contribution < -0.4 is 5.32 Å². The van der Waals surface area contributed by atoms with Crippen LogP contribution in [0.4, 0.5) is 4.79 Å². The van der Waals surface area contributed by atoms with Crippen molar-refractivity contribution in [3.63, 3.8) is 0 Å². The second-order valence-corrected chi connectivity index (χ2v) is 7.59. The van der Waals surface area contributed by atoms with Crippen LogP contribution >= 0.6 is 11.8 Å². The van der Waals surface area contributed by atoms with Crippen LogP contribution in [0, 0.1) is 0 Å². The molecule has 3 rings (SSSR count). The van der Waals surface area contributed by atoms with Gasteiger partial charge in [0.05, 0.1) is 30.5 Å². The summed E-state index contributed by atoms with van der Waals surface area (Å²) in [4.78, 5) is 18.0. The van der Waals surface area contributed by atoms with Crippen molar-refractivity contribution in [1.29, 1.82) is 0 Å². The number of nitrogens with zero attached hydrogens (tertiary/aromatic N) is 1. The molecule has 0 unspecified atom stereocenters. The van der Waals surface area contributed by atoms with E-state index in [1.807, 2.05) is 30.0 Å². The van der Waals surface area contributed by atoms with Crippen LogP contribution in [0.1, 0.15) is 31.7 Å². The molecular formula is C18H26N2O3S. The lowest BCUT2D eigenvalue weighted by Crippen LogP contribution is -2.49. The minimum absolute atomic E-state index is 0.0581. The molecule has 1 N–H and O–H groups in total. The number of carbonyl (C=O) groups excluding carboxylic acids is 1. The van der Waals surface area contributed by atoms with Gasteiger partial charge in [0.1, 0.15) is 0 Å². The molecule has 2 aliphatic rings. The maximum Gasteiger partial charge on any atom is 0.407 e. The third kappa shape index (κ3) is 3.87. The first-order valence-electron chi connectivity index (χ1n) is 8.66. The maximum atomic E-state index is 11.7. The van der Waals surface area contributed by atoms with Crippen LogP contribution in [0.25, 0.3) is 0 Å². The molecule has 0 radical (unpaired) electrons. The van der Waals surface area contributed by atoms with Crippen LogP contribution in [-0.4, -0.2) is 47.5 Å². The summed E-state index contributed by atoms with van der Waals surface area (Å²) in [5.74, 6) is 0.904. The zero-order valence-corrected chi connectivity index (χ0v) is 15.1. The molecule has 24 heavy (non-hydrogen) atoms. The molecule has 5 nitrogen and oxygen atoms in total. The minimum atomic E-state index is -0.363. The van der Waals surface area contributed by atoms with Gasteiger partial charge >= 0.3 is 6.09 Å². The van der Waals surface area contributed by atoms with E-state index in [1.165, 1.54) is 25.5 Å². The summed E-state index contributed by atoms with van der Waals surface area (Å²) in [6.45, 7) is 2.95. The van der Waals surface area contributed by atoms with E-state index in [1.54, 1.807) is 0 Å². The lowest BCUT2D eigenvalue weighted by atomic mass is 10.00. The number of nitrogens with one attached hydrogen (secondary N) is 1. The number of ether oxygens (including phenoxy) is 1. The SMILES string of the molecule is CCCC[C@@H]1ON(Cc2ccccc2)[C@@H]2[C@H]1SC[C@@H]2NC(=O)OC. The van der Waals surface area contributed by atoms with E-state index < -0.39 is 0 Å². The van der Waals surface area contributed by atoms with Gasteiger partial charge in [-0.2, -0.15) is 16.8 Å². The summed E-state index contributed by atoms with van der Waals surface area (Å²) in [7, 11) is 1.41. The van der Waals surface area contributed by atoms with E-state index in [0.717, 1.165) is 18.7 Å². The number of amides is 1. The lowest BCUT2D eigenvalue weighted by Gasteiger charge is -2.27. The Balaban J connectivity index is 1.73. The standard InChI is InChI=1S/C18H26N2O3S/c1-3-4-10-15-17-16(14(12-24-17)19-18(21)22-2)20(23-15)11-13-8-6-5-7-9-13/h5-9,14-17H,3-4,10-12H2,1-2H3,(H,19,21)/t14-,15-,16-,17-/m0/s1. The van der Waals surface area contributed by atoms with Gasteiger partial charge in [0.25, 0.3) is 0 Å². The fourth-order valence-corrected chi connectivity index (χ4v) is 5.14. The second-order valence-electron chi connectivity index (χ2n) is 6.38. The molecule has 1 amide bonds. The van der Waals surface area contributed by atoms with Gasteiger partial charge in [0, 0.05) is 12.3 Å². The molecule has 132 valence electrons. The number of hydrogen-bond acceptors (Lipinski definition) is 5. The zero-order chi connectivity index (χ0) is 16.9. The van der Waals surface area contributed by atoms with Gasteiger partial charge in [-0.3, -0.25) is 4.84 Å².